The number of halogens is 2. The van der Waals surface area contributed by atoms with Gasteiger partial charge < -0.3 is 5.32 Å². The summed E-state index contributed by atoms with van der Waals surface area (Å²) in [6, 6.07) is 5.98. The first-order valence-corrected chi connectivity index (χ1v) is 8.37. The van der Waals surface area contributed by atoms with Crippen LogP contribution in [0.25, 0.3) is 0 Å². The summed E-state index contributed by atoms with van der Waals surface area (Å²) in [5, 5.41) is 3.19. The lowest BCUT2D eigenvalue weighted by Gasteiger charge is -2.21. The van der Waals surface area contributed by atoms with Crippen molar-refractivity contribution in [1.82, 2.24) is 5.32 Å². The highest BCUT2D eigenvalue weighted by Crippen LogP contribution is 2.34. The summed E-state index contributed by atoms with van der Waals surface area (Å²) in [6.45, 7) is 4.48. The van der Waals surface area contributed by atoms with E-state index in [1.165, 1.54) is 12.8 Å². The first-order chi connectivity index (χ1) is 9.02. The van der Waals surface area contributed by atoms with E-state index in [2.05, 4.69) is 51.0 Å². The zero-order valence-corrected chi connectivity index (χ0v) is 14.4. The van der Waals surface area contributed by atoms with Crippen LogP contribution in [0.4, 0.5) is 0 Å². The van der Waals surface area contributed by atoms with Crippen molar-refractivity contribution in [2.75, 3.05) is 0 Å². The number of hydrogen-bond acceptors (Lipinski definition) is 1. The Morgan fingerprint density at radius 2 is 2.11 bits per heavy atom. The second-order valence-electron chi connectivity index (χ2n) is 5.31. The molecule has 0 heterocycles. The van der Waals surface area contributed by atoms with Crippen molar-refractivity contribution in [3.8, 4) is 0 Å². The Morgan fingerprint density at radius 3 is 2.74 bits per heavy atom. The molecular formula is C15H19Br2NO. The Bertz CT molecular complexity index is 475. The topological polar surface area (TPSA) is 29.1 Å². The Kier molecular flexibility index (Phi) is 5.07. The molecule has 104 valence electrons. The molecule has 0 saturated heterocycles. The Hall–Kier alpha value is -0.350. The molecule has 2 rings (SSSR count). The van der Waals surface area contributed by atoms with Crippen molar-refractivity contribution in [3.05, 3.63) is 32.7 Å². The monoisotopic (exact) mass is 387 g/mol. The minimum absolute atomic E-state index is 0.0155. The largest absolute Gasteiger partial charge is 0.349 e. The molecule has 1 aromatic carbocycles. The maximum absolute atomic E-state index is 12.4. The number of amides is 1. The molecule has 4 heteroatoms. The van der Waals surface area contributed by atoms with Crippen LogP contribution in [0.2, 0.25) is 0 Å². The van der Waals surface area contributed by atoms with Gasteiger partial charge in [0.05, 0.1) is 5.56 Å². The van der Waals surface area contributed by atoms with Gasteiger partial charge in [-0.1, -0.05) is 36.2 Å². The number of carbonyl (C=O) groups is 1. The second kappa shape index (κ2) is 6.40. The van der Waals surface area contributed by atoms with Gasteiger partial charge in [-0.15, -0.1) is 0 Å². The fraction of sp³-hybridized carbons (Fsp3) is 0.533. The third-order valence-electron chi connectivity index (χ3n) is 4.24. The van der Waals surface area contributed by atoms with Gasteiger partial charge >= 0.3 is 0 Å². The lowest BCUT2D eigenvalue weighted by molar-refractivity contribution is 0.0925. The van der Waals surface area contributed by atoms with E-state index in [0.717, 1.165) is 21.3 Å². The van der Waals surface area contributed by atoms with E-state index in [1.807, 2.05) is 18.2 Å². The van der Waals surface area contributed by atoms with Crippen LogP contribution in [0.1, 0.15) is 43.5 Å². The zero-order valence-electron chi connectivity index (χ0n) is 11.2. The summed E-state index contributed by atoms with van der Waals surface area (Å²) in [5.74, 6) is 1.33. The average molecular weight is 389 g/mol. The lowest BCUT2D eigenvalue weighted by atomic mass is 9.93. The molecule has 1 saturated carbocycles. The predicted octanol–water partition coefficient (Wildman–Crippen LogP) is 4.77. The molecule has 1 amide bonds. The van der Waals surface area contributed by atoms with Gasteiger partial charge in [0.2, 0.25) is 0 Å². The van der Waals surface area contributed by atoms with E-state index in [1.54, 1.807) is 0 Å². The van der Waals surface area contributed by atoms with Gasteiger partial charge in [-0.2, -0.15) is 0 Å². The average Bonchev–Trinajstić information content (AvgIpc) is 2.73. The number of nitrogens with one attached hydrogen (secondary N) is 1. The predicted molar refractivity (Wildman–Crippen MR) is 85.3 cm³/mol. The highest BCUT2D eigenvalue weighted by Gasteiger charge is 2.32. The van der Waals surface area contributed by atoms with Gasteiger partial charge in [-0.3, -0.25) is 4.79 Å². The van der Waals surface area contributed by atoms with E-state index in [-0.39, 0.29) is 5.91 Å². The van der Waals surface area contributed by atoms with Crippen molar-refractivity contribution in [2.24, 2.45) is 11.8 Å². The van der Waals surface area contributed by atoms with E-state index in [9.17, 15) is 4.79 Å². The van der Waals surface area contributed by atoms with Gasteiger partial charge in [0.1, 0.15) is 0 Å². The molecule has 19 heavy (non-hydrogen) atoms. The minimum atomic E-state index is 0.0155. The molecule has 1 aliphatic carbocycles. The van der Waals surface area contributed by atoms with Crippen LogP contribution in [-0.2, 0) is 0 Å². The molecular weight excluding hydrogens is 370 g/mol. The van der Waals surface area contributed by atoms with Crippen LogP contribution in [0.15, 0.2) is 27.1 Å². The summed E-state index contributed by atoms with van der Waals surface area (Å²) < 4.78 is 1.76. The lowest BCUT2D eigenvalue weighted by Crippen LogP contribution is -2.37. The van der Waals surface area contributed by atoms with Crippen molar-refractivity contribution < 1.29 is 4.79 Å². The van der Waals surface area contributed by atoms with Gasteiger partial charge in [-0.25, -0.2) is 0 Å². The smallest absolute Gasteiger partial charge is 0.252 e. The van der Waals surface area contributed by atoms with Crippen LogP contribution in [-0.4, -0.2) is 11.9 Å². The fourth-order valence-corrected chi connectivity index (χ4v) is 3.73. The highest BCUT2D eigenvalue weighted by atomic mass is 79.9. The molecule has 1 N–H and O–H groups in total. The van der Waals surface area contributed by atoms with Crippen LogP contribution >= 0.6 is 31.9 Å². The second-order valence-corrected chi connectivity index (χ2v) is 7.08. The Morgan fingerprint density at radius 1 is 1.37 bits per heavy atom. The van der Waals surface area contributed by atoms with Gasteiger partial charge in [0.15, 0.2) is 0 Å². The molecule has 1 aliphatic rings. The molecule has 3 atom stereocenters. The van der Waals surface area contributed by atoms with Crippen molar-refractivity contribution in [3.63, 3.8) is 0 Å². The summed E-state index contributed by atoms with van der Waals surface area (Å²) in [6.07, 6.45) is 3.52. The van der Waals surface area contributed by atoms with Crippen molar-refractivity contribution >= 4 is 37.8 Å². The van der Waals surface area contributed by atoms with Gasteiger partial charge in [-0.05, 0) is 58.8 Å². The number of hydrogen-bond donors (Lipinski definition) is 1. The molecule has 2 nitrogen and oxygen atoms in total. The van der Waals surface area contributed by atoms with E-state index in [4.69, 9.17) is 0 Å². The Balaban J connectivity index is 2.07. The number of rotatable bonds is 3. The molecule has 0 bridgehead atoms. The minimum Gasteiger partial charge on any atom is -0.349 e. The number of carbonyl (C=O) groups excluding carboxylic acids is 1. The van der Waals surface area contributed by atoms with Crippen LogP contribution in [0, 0.1) is 11.8 Å². The first kappa shape index (κ1) is 15.0. The van der Waals surface area contributed by atoms with Gasteiger partial charge in [0, 0.05) is 15.0 Å². The molecule has 0 aromatic heterocycles. The molecule has 0 aliphatic heterocycles. The third-order valence-corrected chi connectivity index (χ3v) is 5.43. The third kappa shape index (κ3) is 3.40. The summed E-state index contributed by atoms with van der Waals surface area (Å²) >= 11 is 6.85. The normalized spacial score (nSPS) is 26.4. The van der Waals surface area contributed by atoms with E-state index >= 15 is 0 Å². The summed E-state index contributed by atoms with van der Waals surface area (Å²) in [4.78, 5) is 12.4. The van der Waals surface area contributed by atoms with E-state index < -0.39 is 0 Å². The van der Waals surface area contributed by atoms with Crippen LogP contribution in [0.3, 0.4) is 0 Å². The molecule has 3 unspecified atom stereocenters. The maximum Gasteiger partial charge on any atom is 0.252 e. The van der Waals surface area contributed by atoms with Crippen LogP contribution < -0.4 is 5.32 Å². The molecule has 1 fully saturated rings. The quantitative estimate of drug-likeness (QED) is 0.793. The maximum atomic E-state index is 12.4. The standard InChI is InChI=1S/C15H19Br2NO/c1-3-10-4-7-14(9(10)2)18-15(19)12-8-11(16)5-6-13(12)17/h5-6,8-10,14H,3-4,7H2,1-2H3,(H,18,19). The van der Waals surface area contributed by atoms with Crippen molar-refractivity contribution in [2.45, 2.75) is 39.2 Å². The van der Waals surface area contributed by atoms with E-state index in [0.29, 0.717) is 17.5 Å². The fourth-order valence-electron chi connectivity index (χ4n) is 2.95. The Labute approximate surface area is 131 Å². The summed E-state index contributed by atoms with van der Waals surface area (Å²) in [5.41, 5.74) is 0.696. The molecule has 0 spiro atoms. The van der Waals surface area contributed by atoms with Gasteiger partial charge in [0.25, 0.3) is 5.91 Å². The molecule has 1 aromatic rings. The summed E-state index contributed by atoms with van der Waals surface area (Å²) in [7, 11) is 0. The number of benzene rings is 1. The highest BCUT2D eigenvalue weighted by molar-refractivity contribution is 9.11. The van der Waals surface area contributed by atoms with Crippen molar-refractivity contribution in [1.29, 1.82) is 0 Å². The molecule has 0 radical (unpaired) electrons. The zero-order chi connectivity index (χ0) is 14.0. The SMILES string of the molecule is CCC1CCC(NC(=O)c2cc(Br)ccc2Br)C1C. The first-order valence-electron chi connectivity index (χ1n) is 6.78. The van der Waals surface area contributed by atoms with Crippen LogP contribution in [0.5, 0.6) is 0 Å².